The average molecular weight is 231 g/mol. The fraction of sp³-hybridized carbons (Fsp3) is 0.167. The van der Waals surface area contributed by atoms with Gasteiger partial charge in [0.05, 0.1) is 11.4 Å². The first-order chi connectivity index (χ1) is 8.02. The molecule has 0 bridgehead atoms. The van der Waals surface area contributed by atoms with Crippen molar-refractivity contribution in [3.63, 3.8) is 0 Å². The number of aromatic nitrogens is 2. The van der Waals surface area contributed by atoms with Crippen molar-refractivity contribution in [3.8, 4) is 5.69 Å². The van der Waals surface area contributed by atoms with Gasteiger partial charge in [-0.05, 0) is 19.1 Å². The Kier molecular flexibility index (Phi) is 2.59. The molecule has 0 saturated heterocycles. The standard InChI is InChI=1S/C12H13N3O2/c1-8-7-11(16)15(12(17)14(8)2)10-6-4-3-5-9(10)13/h3-7H,13H2,1-2H3. The summed E-state index contributed by atoms with van der Waals surface area (Å²) in [4.78, 5) is 23.9. The molecule has 0 saturated carbocycles. The molecule has 0 aliphatic rings. The Morgan fingerprint density at radius 3 is 2.47 bits per heavy atom. The molecule has 2 aromatic rings. The number of nitrogens with zero attached hydrogens (tertiary/aromatic N) is 2. The molecule has 1 aromatic carbocycles. The van der Waals surface area contributed by atoms with Crippen LogP contribution in [0.15, 0.2) is 39.9 Å². The first-order valence-corrected chi connectivity index (χ1v) is 5.17. The lowest BCUT2D eigenvalue weighted by Gasteiger charge is -2.10. The van der Waals surface area contributed by atoms with Gasteiger partial charge in [0.25, 0.3) is 5.56 Å². The summed E-state index contributed by atoms with van der Waals surface area (Å²) in [7, 11) is 1.62. The Morgan fingerprint density at radius 2 is 1.82 bits per heavy atom. The largest absolute Gasteiger partial charge is 0.397 e. The number of nitrogens with two attached hydrogens (primary N) is 1. The van der Waals surface area contributed by atoms with Gasteiger partial charge in [-0.3, -0.25) is 4.79 Å². The maximum atomic E-state index is 12.0. The molecule has 1 heterocycles. The van der Waals surface area contributed by atoms with Crippen LogP contribution >= 0.6 is 0 Å². The van der Waals surface area contributed by atoms with Gasteiger partial charge in [-0.1, -0.05) is 12.1 Å². The lowest BCUT2D eigenvalue weighted by molar-refractivity contribution is 0.714. The van der Waals surface area contributed by atoms with Crippen molar-refractivity contribution in [2.24, 2.45) is 7.05 Å². The molecule has 5 heteroatoms. The Morgan fingerprint density at radius 1 is 1.18 bits per heavy atom. The van der Waals surface area contributed by atoms with E-state index in [1.165, 1.54) is 10.6 Å². The first kappa shape index (κ1) is 11.2. The van der Waals surface area contributed by atoms with Crippen LogP contribution in [0.4, 0.5) is 5.69 Å². The van der Waals surface area contributed by atoms with Gasteiger partial charge < -0.3 is 10.3 Å². The summed E-state index contributed by atoms with van der Waals surface area (Å²) in [6.45, 7) is 1.71. The molecule has 0 spiro atoms. The van der Waals surface area contributed by atoms with E-state index in [4.69, 9.17) is 5.73 Å². The molecule has 1 aromatic heterocycles. The predicted octanol–water partition coefficient (Wildman–Crippen LogP) is 0.427. The molecule has 17 heavy (non-hydrogen) atoms. The zero-order valence-electron chi connectivity index (χ0n) is 9.68. The van der Waals surface area contributed by atoms with Gasteiger partial charge in [0.2, 0.25) is 0 Å². The number of aryl methyl sites for hydroxylation is 1. The van der Waals surface area contributed by atoms with Gasteiger partial charge in [0.1, 0.15) is 0 Å². The topological polar surface area (TPSA) is 70.0 Å². The Hall–Kier alpha value is -2.30. The first-order valence-electron chi connectivity index (χ1n) is 5.17. The minimum Gasteiger partial charge on any atom is -0.397 e. The smallest absolute Gasteiger partial charge is 0.335 e. The molecule has 0 amide bonds. The van der Waals surface area contributed by atoms with Crippen LogP contribution in [0, 0.1) is 6.92 Å². The van der Waals surface area contributed by atoms with Crippen molar-refractivity contribution in [2.75, 3.05) is 5.73 Å². The highest BCUT2D eigenvalue weighted by Gasteiger charge is 2.09. The number of para-hydroxylation sites is 2. The molecule has 0 fully saturated rings. The van der Waals surface area contributed by atoms with Crippen molar-refractivity contribution < 1.29 is 0 Å². The van der Waals surface area contributed by atoms with Crippen LogP contribution in [0.1, 0.15) is 5.69 Å². The highest BCUT2D eigenvalue weighted by molar-refractivity contribution is 5.57. The number of rotatable bonds is 1. The van der Waals surface area contributed by atoms with E-state index in [1.54, 1.807) is 38.2 Å². The van der Waals surface area contributed by atoms with Crippen molar-refractivity contribution in [3.05, 3.63) is 56.9 Å². The third-order valence-corrected chi connectivity index (χ3v) is 2.74. The highest BCUT2D eigenvalue weighted by atomic mass is 16.2. The summed E-state index contributed by atoms with van der Waals surface area (Å²) in [5, 5.41) is 0. The highest BCUT2D eigenvalue weighted by Crippen LogP contribution is 2.12. The second-order valence-corrected chi connectivity index (χ2v) is 3.86. The van der Waals surface area contributed by atoms with E-state index in [0.717, 1.165) is 4.57 Å². The fourth-order valence-electron chi connectivity index (χ4n) is 1.65. The minimum absolute atomic E-state index is 0.372. The van der Waals surface area contributed by atoms with E-state index in [1.807, 2.05) is 0 Å². The molecule has 2 rings (SSSR count). The number of anilines is 1. The molecule has 0 atom stereocenters. The lowest BCUT2D eigenvalue weighted by atomic mass is 10.2. The Bertz CT molecular complexity index is 683. The average Bonchev–Trinajstić information content (AvgIpc) is 2.29. The third-order valence-electron chi connectivity index (χ3n) is 2.74. The van der Waals surface area contributed by atoms with Crippen LogP contribution in [0.5, 0.6) is 0 Å². The maximum Gasteiger partial charge on any atom is 0.335 e. The van der Waals surface area contributed by atoms with Crippen molar-refractivity contribution in [1.82, 2.24) is 9.13 Å². The second kappa shape index (κ2) is 3.93. The zero-order valence-corrected chi connectivity index (χ0v) is 9.68. The van der Waals surface area contributed by atoms with E-state index >= 15 is 0 Å². The SMILES string of the molecule is Cc1cc(=O)n(-c2ccccc2N)c(=O)n1C. The van der Waals surface area contributed by atoms with Crippen LogP contribution in [0.25, 0.3) is 5.69 Å². The van der Waals surface area contributed by atoms with Gasteiger partial charge in [-0.15, -0.1) is 0 Å². The molecule has 88 valence electrons. The second-order valence-electron chi connectivity index (χ2n) is 3.86. The molecular formula is C12H13N3O2. The third kappa shape index (κ3) is 1.75. The van der Waals surface area contributed by atoms with E-state index in [2.05, 4.69) is 0 Å². The maximum absolute atomic E-state index is 12.0. The summed E-state index contributed by atoms with van der Waals surface area (Å²) in [6, 6.07) is 8.20. The van der Waals surface area contributed by atoms with Gasteiger partial charge in [-0.25, -0.2) is 9.36 Å². The molecule has 0 aliphatic carbocycles. The van der Waals surface area contributed by atoms with Crippen LogP contribution in [-0.4, -0.2) is 9.13 Å². The summed E-state index contributed by atoms with van der Waals surface area (Å²) < 4.78 is 2.48. The van der Waals surface area contributed by atoms with Crippen LogP contribution in [0.3, 0.4) is 0 Å². The molecule has 5 nitrogen and oxygen atoms in total. The monoisotopic (exact) mass is 231 g/mol. The number of nitrogen functional groups attached to an aromatic ring is 1. The normalized spacial score (nSPS) is 10.5. The Balaban J connectivity index is 2.87. The number of hydrogen-bond donors (Lipinski definition) is 1. The van der Waals surface area contributed by atoms with Crippen LogP contribution in [0.2, 0.25) is 0 Å². The zero-order chi connectivity index (χ0) is 12.6. The summed E-state index contributed by atoms with van der Waals surface area (Å²) >= 11 is 0. The van der Waals surface area contributed by atoms with E-state index < -0.39 is 5.69 Å². The van der Waals surface area contributed by atoms with E-state index in [-0.39, 0.29) is 5.56 Å². The summed E-state index contributed by atoms with van der Waals surface area (Å²) in [5.74, 6) is 0. The fourth-order valence-corrected chi connectivity index (χ4v) is 1.65. The van der Waals surface area contributed by atoms with Crippen molar-refractivity contribution in [2.45, 2.75) is 6.92 Å². The van der Waals surface area contributed by atoms with Gasteiger partial charge in [0.15, 0.2) is 0 Å². The van der Waals surface area contributed by atoms with Gasteiger partial charge in [-0.2, -0.15) is 0 Å². The summed E-state index contributed by atoms with van der Waals surface area (Å²) in [5.41, 5.74) is 6.43. The predicted molar refractivity (Wildman–Crippen MR) is 66.4 cm³/mol. The van der Waals surface area contributed by atoms with Crippen LogP contribution < -0.4 is 17.0 Å². The quantitative estimate of drug-likeness (QED) is 0.723. The molecule has 0 radical (unpaired) electrons. The number of benzene rings is 1. The molecular weight excluding hydrogens is 218 g/mol. The molecule has 0 unspecified atom stereocenters. The van der Waals surface area contributed by atoms with E-state index in [0.29, 0.717) is 17.1 Å². The summed E-state index contributed by atoms with van der Waals surface area (Å²) in [6.07, 6.45) is 0. The lowest BCUT2D eigenvalue weighted by Crippen LogP contribution is -2.38. The van der Waals surface area contributed by atoms with Crippen molar-refractivity contribution >= 4 is 5.69 Å². The molecule has 0 aliphatic heterocycles. The number of hydrogen-bond acceptors (Lipinski definition) is 3. The minimum atomic E-state index is -0.395. The van der Waals surface area contributed by atoms with Crippen LogP contribution in [-0.2, 0) is 7.05 Å². The van der Waals surface area contributed by atoms with Gasteiger partial charge >= 0.3 is 5.69 Å². The van der Waals surface area contributed by atoms with Crippen molar-refractivity contribution in [1.29, 1.82) is 0 Å². The molecule has 2 N–H and O–H groups in total. The van der Waals surface area contributed by atoms with E-state index in [9.17, 15) is 9.59 Å². The Labute approximate surface area is 97.7 Å². The van der Waals surface area contributed by atoms with Gasteiger partial charge in [0, 0.05) is 18.8 Å².